The summed E-state index contributed by atoms with van der Waals surface area (Å²) in [5.41, 5.74) is 1.000. The Bertz CT molecular complexity index is 1330. The molecule has 10 heteroatoms. The fraction of sp³-hybridized carbons (Fsp3) is 0.190. The molecule has 2 heterocycles. The maximum Gasteiger partial charge on any atom is 0.269 e. The van der Waals surface area contributed by atoms with Gasteiger partial charge >= 0.3 is 0 Å². The molecular formula is C21H16FN3O4S2. The molecule has 2 aliphatic rings. The maximum atomic E-state index is 13.3. The average molecular weight is 458 g/mol. The highest BCUT2D eigenvalue weighted by Crippen LogP contribution is 2.39. The van der Waals surface area contributed by atoms with Gasteiger partial charge in [-0.2, -0.15) is 0 Å². The van der Waals surface area contributed by atoms with Crippen LogP contribution in [0.2, 0.25) is 0 Å². The van der Waals surface area contributed by atoms with E-state index in [2.05, 4.69) is 10.3 Å². The van der Waals surface area contributed by atoms with Crippen molar-refractivity contribution in [1.29, 1.82) is 0 Å². The third-order valence-corrected chi connectivity index (χ3v) is 7.92. The minimum Gasteiger partial charge on any atom is -0.298 e. The predicted octanol–water partition coefficient (Wildman–Crippen LogP) is 3.43. The van der Waals surface area contributed by atoms with E-state index in [4.69, 9.17) is 0 Å². The van der Waals surface area contributed by atoms with Gasteiger partial charge in [0, 0.05) is 29.1 Å². The van der Waals surface area contributed by atoms with Crippen molar-refractivity contribution in [3.63, 3.8) is 0 Å². The fourth-order valence-corrected chi connectivity index (χ4v) is 6.21. The SMILES string of the molecule is O=C(Nc1ncc(Cc2cccc(F)c2)s1)c1ccc2c(c1)S(=O)(=O)N(C1CC1)C2=O. The number of thiazole rings is 1. The molecule has 2 amide bonds. The number of fused-ring (bicyclic) bond motifs is 1. The molecule has 0 radical (unpaired) electrons. The van der Waals surface area contributed by atoms with Crippen molar-refractivity contribution in [2.45, 2.75) is 30.2 Å². The Morgan fingerprint density at radius 2 is 2.03 bits per heavy atom. The minimum atomic E-state index is -3.94. The van der Waals surface area contributed by atoms with E-state index < -0.39 is 21.8 Å². The Balaban J connectivity index is 1.34. The second-order valence-corrected chi connectivity index (χ2v) is 10.3. The van der Waals surface area contributed by atoms with Crippen LogP contribution >= 0.6 is 11.3 Å². The molecule has 0 atom stereocenters. The van der Waals surface area contributed by atoms with Crippen LogP contribution in [0.15, 0.2) is 53.6 Å². The molecule has 0 saturated heterocycles. The summed E-state index contributed by atoms with van der Waals surface area (Å²) in [5.74, 6) is -1.38. The zero-order chi connectivity index (χ0) is 21.8. The highest BCUT2D eigenvalue weighted by Gasteiger charge is 2.48. The first-order valence-corrected chi connectivity index (χ1v) is 11.8. The zero-order valence-corrected chi connectivity index (χ0v) is 17.7. The third kappa shape index (κ3) is 3.61. The molecule has 1 saturated carbocycles. The summed E-state index contributed by atoms with van der Waals surface area (Å²) in [4.78, 5) is 30.0. The van der Waals surface area contributed by atoms with Crippen molar-refractivity contribution < 1.29 is 22.4 Å². The Kier molecular flexibility index (Phi) is 4.63. The number of benzene rings is 2. The molecule has 1 N–H and O–H groups in total. The van der Waals surface area contributed by atoms with Crippen LogP contribution in [0.1, 0.15) is 44.0 Å². The first-order valence-electron chi connectivity index (χ1n) is 9.56. The summed E-state index contributed by atoms with van der Waals surface area (Å²) in [6.07, 6.45) is 3.40. The number of anilines is 1. The van der Waals surface area contributed by atoms with Gasteiger partial charge in [0.15, 0.2) is 5.13 Å². The molecule has 1 aromatic heterocycles. The smallest absolute Gasteiger partial charge is 0.269 e. The lowest BCUT2D eigenvalue weighted by molar-refractivity contribution is 0.0864. The van der Waals surface area contributed by atoms with Crippen LogP contribution in [-0.2, 0) is 16.4 Å². The number of rotatable bonds is 5. The van der Waals surface area contributed by atoms with E-state index >= 15 is 0 Å². The molecule has 158 valence electrons. The van der Waals surface area contributed by atoms with Crippen LogP contribution in [0.3, 0.4) is 0 Å². The van der Waals surface area contributed by atoms with Gasteiger partial charge in [-0.05, 0) is 48.7 Å². The van der Waals surface area contributed by atoms with Crippen LogP contribution in [0.4, 0.5) is 9.52 Å². The van der Waals surface area contributed by atoms with Gasteiger partial charge < -0.3 is 0 Å². The van der Waals surface area contributed by atoms with Crippen molar-refractivity contribution >= 4 is 38.3 Å². The van der Waals surface area contributed by atoms with Crippen molar-refractivity contribution in [2.24, 2.45) is 0 Å². The van der Waals surface area contributed by atoms with E-state index in [1.165, 1.54) is 41.7 Å². The Morgan fingerprint density at radius 1 is 1.23 bits per heavy atom. The molecular weight excluding hydrogens is 441 g/mol. The van der Waals surface area contributed by atoms with E-state index in [1.807, 2.05) is 0 Å². The summed E-state index contributed by atoms with van der Waals surface area (Å²) in [7, 11) is -3.94. The van der Waals surface area contributed by atoms with E-state index in [9.17, 15) is 22.4 Å². The van der Waals surface area contributed by atoms with Crippen molar-refractivity contribution in [3.05, 3.63) is 76.0 Å². The lowest BCUT2D eigenvalue weighted by atomic mass is 10.1. The highest BCUT2D eigenvalue weighted by molar-refractivity contribution is 7.90. The summed E-state index contributed by atoms with van der Waals surface area (Å²) in [6, 6.07) is 10.0. The average Bonchev–Trinajstić information content (AvgIpc) is 3.42. The number of hydrogen-bond donors (Lipinski definition) is 1. The minimum absolute atomic E-state index is 0.0927. The zero-order valence-electron chi connectivity index (χ0n) is 16.0. The van der Waals surface area contributed by atoms with E-state index in [0.717, 1.165) is 14.7 Å². The second kappa shape index (κ2) is 7.24. The van der Waals surface area contributed by atoms with E-state index in [-0.39, 0.29) is 27.9 Å². The molecule has 7 nitrogen and oxygen atoms in total. The van der Waals surface area contributed by atoms with E-state index in [0.29, 0.717) is 24.4 Å². The van der Waals surface area contributed by atoms with Gasteiger partial charge in [-0.3, -0.25) is 14.9 Å². The molecule has 1 aliphatic carbocycles. The number of sulfonamides is 1. The molecule has 5 rings (SSSR count). The molecule has 31 heavy (non-hydrogen) atoms. The van der Waals surface area contributed by atoms with Crippen molar-refractivity contribution in [1.82, 2.24) is 9.29 Å². The van der Waals surface area contributed by atoms with Crippen molar-refractivity contribution in [3.8, 4) is 0 Å². The van der Waals surface area contributed by atoms with Gasteiger partial charge in [-0.15, -0.1) is 11.3 Å². The maximum absolute atomic E-state index is 13.3. The second-order valence-electron chi connectivity index (χ2n) is 7.44. The topological polar surface area (TPSA) is 96.4 Å². The summed E-state index contributed by atoms with van der Waals surface area (Å²) in [6.45, 7) is 0. The number of carbonyl (C=O) groups excluding carboxylic acids is 2. The van der Waals surface area contributed by atoms with Crippen LogP contribution in [0.5, 0.6) is 0 Å². The molecule has 1 fully saturated rings. The largest absolute Gasteiger partial charge is 0.298 e. The van der Waals surface area contributed by atoms with Gasteiger partial charge in [-0.25, -0.2) is 22.1 Å². The lowest BCUT2D eigenvalue weighted by Gasteiger charge is -2.13. The molecule has 0 bridgehead atoms. The van der Waals surface area contributed by atoms with Gasteiger partial charge in [0.2, 0.25) is 0 Å². The normalized spacial score (nSPS) is 16.9. The number of carbonyl (C=O) groups is 2. The van der Waals surface area contributed by atoms with Gasteiger partial charge in [0.25, 0.3) is 21.8 Å². The van der Waals surface area contributed by atoms with Gasteiger partial charge in [0.1, 0.15) is 10.7 Å². The third-order valence-electron chi connectivity index (χ3n) is 5.13. The molecule has 0 spiro atoms. The number of amides is 2. The predicted molar refractivity (Wildman–Crippen MR) is 112 cm³/mol. The molecule has 1 aliphatic heterocycles. The summed E-state index contributed by atoms with van der Waals surface area (Å²) in [5, 5.41) is 3.00. The number of nitrogens with zero attached hydrogens (tertiary/aromatic N) is 2. The standard InChI is InChI=1S/C21H16FN3O4S2/c22-14-3-1-2-12(8-14)9-16-11-23-21(30-16)24-19(26)13-4-7-17-18(10-13)31(28,29)25(20(17)27)15-5-6-15/h1-4,7-8,10-11,15H,5-6,9H2,(H,23,24,26). The van der Waals surface area contributed by atoms with Crippen LogP contribution < -0.4 is 5.32 Å². The highest BCUT2D eigenvalue weighted by atomic mass is 32.2. The quantitative estimate of drug-likeness (QED) is 0.633. The molecule has 0 unspecified atom stereocenters. The monoisotopic (exact) mass is 457 g/mol. The van der Waals surface area contributed by atoms with Crippen LogP contribution in [0.25, 0.3) is 0 Å². The lowest BCUT2D eigenvalue weighted by Crippen LogP contribution is -2.31. The summed E-state index contributed by atoms with van der Waals surface area (Å²) >= 11 is 1.25. The first kappa shape index (κ1) is 19.8. The number of halogens is 1. The van der Waals surface area contributed by atoms with Gasteiger partial charge in [-0.1, -0.05) is 12.1 Å². The summed E-state index contributed by atoms with van der Waals surface area (Å²) < 4.78 is 39.8. The number of hydrogen-bond acceptors (Lipinski definition) is 6. The molecule has 3 aromatic rings. The molecule has 2 aromatic carbocycles. The van der Waals surface area contributed by atoms with E-state index in [1.54, 1.807) is 18.3 Å². The Hall–Kier alpha value is -3.11. The van der Waals surface area contributed by atoms with Crippen LogP contribution in [-0.4, -0.2) is 35.6 Å². The number of nitrogens with one attached hydrogen (secondary N) is 1. The van der Waals surface area contributed by atoms with Crippen LogP contribution in [0, 0.1) is 5.82 Å². The Morgan fingerprint density at radius 3 is 2.77 bits per heavy atom. The fourth-order valence-electron chi connectivity index (χ4n) is 3.52. The van der Waals surface area contributed by atoms with Crippen molar-refractivity contribution in [2.75, 3.05) is 5.32 Å². The number of aromatic nitrogens is 1. The van der Waals surface area contributed by atoms with Gasteiger partial charge in [0.05, 0.1) is 5.56 Å². The first-order chi connectivity index (χ1) is 14.8. The Labute approximate surface area is 181 Å².